The van der Waals surface area contributed by atoms with E-state index in [0.29, 0.717) is 6.54 Å². The summed E-state index contributed by atoms with van der Waals surface area (Å²) in [5.41, 5.74) is 1.91. The number of non-ortho nitro benzene ring substituents is 1. The molecule has 1 heterocycles. The van der Waals surface area contributed by atoms with Crippen molar-refractivity contribution in [3.05, 3.63) is 87.7 Å². The van der Waals surface area contributed by atoms with Gasteiger partial charge in [0.25, 0.3) is 11.6 Å². The minimum absolute atomic E-state index is 0.122. The van der Waals surface area contributed by atoms with E-state index in [9.17, 15) is 14.9 Å². The van der Waals surface area contributed by atoms with E-state index in [2.05, 4.69) is 10.4 Å². The van der Waals surface area contributed by atoms with Gasteiger partial charge in [-0.25, -0.2) is 0 Å². The first-order valence-electron chi connectivity index (χ1n) is 8.23. The summed E-state index contributed by atoms with van der Waals surface area (Å²) in [6.45, 7) is 0.862. The summed E-state index contributed by atoms with van der Waals surface area (Å²) in [4.78, 5) is 23.0. The highest BCUT2D eigenvalue weighted by molar-refractivity contribution is 5.97. The molecule has 0 atom stereocenters. The van der Waals surface area contributed by atoms with Crippen molar-refractivity contribution in [1.82, 2.24) is 15.1 Å². The molecule has 1 amide bonds. The lowest BCUT2D eigenvalue weighted by molar-refractivity contribution is -0.384. The fourth-order valence-corrected chi connectivity index (χ4v) is 2.71. The summed E-state index contributed by atoms with van der Waals surface area (Å²) in [5.74, 6) is -0.160. The largest absolute Gasteiger partial charge is 0.496 e. The molecule has 0 spiro atoms. The maximum atomic E-state index is 12.6. The molecule has 8 nitrogen and oxygen atoms in total. The van der Waals surface area contributed by atoms with Crippen LogP contribution < -0.4 is 10.1 Å². The maximum Gasteiger partial charge on any atom is 0.270 e. The lowest BCUT2D eigenvalue weighted by Crippen LogP contribution is -2.24. The topological polar surface area (TPSA) is 99.3 Å². The molecule has 0 fully saturated rings. The van der Waals surface area contributed by atoms with Gasteiger partial charge in [0.05, 0.1) is 24.1 Å². The molecule has 0 aliphatic heterocycles. The van der Waals surface area contributed by atoms with Crippen molar-refractivity contribution in [2.45, 2.75) is 13.1 Å². The minimum atomic E-state index is -0.546. The van der Waals surface area contributed by atoms with Crippen LogP contribution in [0.2, 0.25) is 0 Å². The van der Waals surface area contributed by atoms with Crippen LogP contribution in [0.5, 0.6) is 5.75 Å². The summed E-state index contributed by atoms with van der Waals surface area (Å²) in [5, 5.41) is 18.0. The number of nitro benzene ring substituents is 1. The first-order chi connectivity index (χ1) is 13.1. The molecule has 0 saturated carbocycles. The molecule has 1 aromatic heterocycles. The number of ether oxygens (including phenoxy) is 1. The fourth-order valence-electron chi connectivity index (χ4n) is 2.71. The highest BCUT2D eigenvalue weighted by Crippen LogP contribution is 2.24. The van der Waals surface area contributed by atoms with E-state index in [1.807, 2.05) is 36.5 Å². The predicted molar refractivity (Wildman–Crippen MR) is 98.6 cm³/mol. The smallest absolute Gasteiger partial charge is 0.270 e. The number of methoxy groups -OCH3 is 1. The van der Waals surface area contributed by atoms with Crippen molar-refractivity contribution in [1.29, 1.82) is 0 Å². The van der Waals surface area contributed by atoms with Crippen molar-refractivity contribution in [2.24, 2.45) is 0 Å². The van der Waals surface area contributed by atoms with E-state index in [1.165, 1.54) is 25.3 Å². The Kier molecular flexibility index (Phi) is 5.46. The average Bonchev–Trinajstić information content (AvgIpc) is 3.19. The Balaban J connectivity index is 1.77. The summed E-state index contributed by atoms with van der Waals surface area (Å²) >= 11 is 0. The zero-order valence-corrected chi connectivity index (χ0v) is 14.7. The van der Waals surface area contributed by atoms with E-state index in [0.717, 1.165) is 11.1 Å². The van der Waals surface area contributed by atoms with Crippen LogP contribution in [0.1, 0.15) is 21.5 Å². The van der Waals surface area contributed by atoms with E-state index < -0.39 is 10.8 Å². The van der Waals surface area contributed by atoms with Crippen LogP contribution in [0.4, 0.5) is 5.69 Å². The molecule has 3 rings (SSSR count). The number of nitrogens with one attached hydrogen (secondary N) is 1. The van der Waals surface area contributed by atoms with Crippen molar-refractivity contribution in [2.75, 3.05) is 7.11 Å². The molecule has 27 heavy (non-hydrogen) atoms. The van der Waals surface area contributed by atoms with E-state index in [1.54, 1.807) is 10.9 Å². The first-order valence-corrected chi connectivity index (χ1v) is 8.23. The Morgan fingerprint density at radius 3 is 2.67 bits per heavy atom. The van der Waals surface area contributed by atoms with Gasteiger partial charge in [-0.3, -0.25) is 19.6 Å². The van der Waals surface area contributed by atoms with E-state index in [4.69, 9.17) is 4.74 Å². The van der Waals surface area contributed by atoms with E-state index >= 15 is 0 Å². The first kappa shape index (κ1) is 18.1. The van der Waals surface area contributed by atoms with Crippen LogP contribution in [0, 0.1) is 10.1 Å². The molecule has 0 aliphatic carbocycles. The number of hydrogen-bond acceptors (Lipinski definition) is 5. The van der Waals surface area contributed by atoms with Crippen LogP contribution in [-0.2, 0) is 13.1 Å². The predicted octanol–water partition coefficient (Wildman–Crippen LogP) is 2.78. The van der Waals surface area contributed by atoms with Gasteiger partial charge in [0.1, 0.15) is 5.75 Å². The highest BCUT2D eigenvalue weighted by Gasteiger charge is 2.17. The van der Waals surface area contributed by atoms with Crippen molar-refractivity contribution < 1.29 is 14.5 Å². The Labute approximate surface area is 155 Å². The summed E-state index contributed by atoms with van der Waals surface area (Å²) in [6.07, 6.45) is 3.57. The Bertz CT molecular complexity index is 954. The average molecular weight is 366 g/mol. The van der Waals surface area contributed by atoms with Gasteiger partial charge in [0.15, 0.2) is 0 Å². The number of aromatic nitrogens is 2. The number of nitro groups is 1. The number of amides is 1. The van der Waals surface area contributed by atoms with Crippen LogP contribution >= 0.6 is 0 Å². The molecule has 0 saturated heterocycles. The third-order valence-electron chi connectivity index (χ3n) is 4.09. The third-order valence-corrected chi connectivity index (χ3v) is 4.09. The van der Waals surface area contributed by atoms with Gasteiger partial charge in [-0.1, -0.05) is 24.3 Å². The number of carbonyl (C=O) groups is 1. The molecule has 138 valence electrons. The second-order valence-corrected chi connectivity index (χ2v) is 5.80. The standard InChI is InChI=1S/C19H18N4O4/c1-27-18-8-7-16(23(25)26)11-17(18)19(24)20-12-14-5-2-3-6-15(14)13-22-10-4-9-21-22/h2-11H,12-13H2,1H3,(H,20,24). The van der Waals surface area contributed by atoms with Crippen molar-refractivity contribution in [3.8, 4) is 5.75 Å². The molecular weight excluding hydrogens is 348 g/mol. The zero-order chi connectivity index (χ0) is 19.2. The highest BCUT2D eigenvalue weighted by atomic mass is 16.6. The van der Waals surface area contributed by atoms with Gasteiger partial charge < -0.3 is 10.1 Å². The molecular formula is C19H18N4O4. The Morgan fingerprint density at radius 1 is 1.22 bits per heavy atom. The van der Waals surface area contributed by atoms with Gasteiger partial charge in [-0.2, -0.15) is 5.10 Å². The zero-order valence-electron chi connectivity index (χ0n) is 14.7. The second-order valence-electron chi connectivity index (χ2n) is 5.80. The molecule has 0 radical (unpaired) electrons. The second kappa shape index (κ2) is 8.13. The molecule has 1 N–H and O–H groups in total. The lowest BCUT2D eigenvalue weighted by atomic mass is 10.1. The molecule has 0 bridgehead atoms. The van der Waals surface area contributed by atoms with E-state index in [-0.39, 0.29) is 23.5 Å². The van der Waals surface area contributed by atoms with Gasteiger partial charge >= 0.3 is 0 Å². The normalized spacial score (nSPS) is 10.4. The third kappa shape index (κ3) is 4.30. The lowest BCUT2D eigenvalue weighted by Gasteiger charge is -2.12. The molecule has 0 aliphatic rings. The van der Waals surface area contributed by atoms with Gasteiger partial charge in [0, 0.05) is 31.1 Å². The van der Waals surface area contributed by atoms with Crippen LogP contribution in [0.3, 0.4) is 0 Å². The number of nitrogens with zero attached hydrogens (tertiary/aromatic N) is 3. The molecule has 2 aromatic carbocycles. The number of benzene rings is 2. The SMILES string of the molecule is COc1ccc([N+](=O)[O-])cc1C(=O)NCc1ccccc1Cn1cccn1. The van der Waals surface area contributed by atoms with Gasteiger partial charge in [-0.15, -0.1) is 0 Å². The van der Waals surface area contributed by atoms with Crippen LogP contribution in [0.15, 0.2) is 60.9 Å². The summed E-state index contributed by atoms with van der Waals surface area (Å²) in [6, 6.07) is 13.5. The van der Waals surface area contributed by atoms with Crippen molar-refractivity contribution >= 4 is 11.6 Å². The monoisotopic (exact) mass is 366 g/mol. The van der Waals surface area contributed by atoms with Crippen LogP contribution in [0.25, 0.3) is 0 Å². The van der Waals surface area contributed by atoms with Gasteiger partial charge in [-0.05, 0) is 23.3 Å². The molecule has 8 heteroatoms. The fraction of sp³-hybridized carbons (Fsp3) is 0.158. The Morgan fingerprint density at radius 2 is 2.00 bits per heavy atom. The molecule has 0 unspecified atom stereocenters. The number of carbonyl (C=O) groups excluding carboxylic acids is 1. The minimum Gasteiger partial charge on any atom is -0.496 e. The summed E-state index contributed by atoms with van der Waals surface area (Å²) < 4.78 is 6.95. The maximum absolute atomic E-state index is 12.6. The number of rotatable bonds is 7. The number of hydrogen-bond donors (Lipinski definition) is 1. The quantitative estimate of drug-likeness (QED) is 0.512. The Hall–Kier alpha value is -3.68. The van der Waals surface area contributed by atoms with Gasteiger partial charge in [0.2, 0.25) is 0 Å². The van der Waals surface area contributed by atoms with Crippen LogP contribution in [-0.4, -0.2) is 27.7 Å². The summed E-state index contributed by atoms with van der Waals surface area (Å²) in [7, 11) is 1.41. The van der Waals surface area contributed by atoms with Crippen molar-refractivity contribution in [3.63, 3.8) is 0 Å². The molecule has 3 aromatic rings.